The van der Waals surface area contributed by atoms with Crippen molar-refractivity contribution in [1.82, 2.24) is 14.9 Å². The van der Waals surface area contributed by atoms with Gasteiger partial charge in [0.25, 0.3) is 0 Å². The van der Waals surface area contributed by atoms with Crippen LogP contribution in [0.4, 0.5) is 11.5 Å². The Kier molecular flexibility index (Phi) is 5.40. The summed E-state index contributed by atoms with van der Waals surface area (Å²) in [6.45, 7) is 5.69. The normalized spacial score (nSPS) is 18.9. The first-order chi connectivity index (χ1) is 15.1. The molecule has 1 fully saturated rings. The van der Waals surface area contributed by atoms with E-state index in [1.165, 1.54) is 40.4 Å². The van der Waals surface area contributed by atoms with E-state index in [1.807, 2.05) is 7.05 Å². The molecule has 3 aromatic rings. The van der Waals surface area contributed by atoms with Crippen LogP contribution in [0.3, 0.4) is 0 Å². The van der Waals surface area contributed by atoms with E-state index in [0.717, 1.165) is 37.6 Å². The Hall–Kier alpha value is -2.86. The molecule has 162 valence electrons. The Labute approximate surface area is 184 Å². The van der Waals surface area contributed by atoms with Crippen LogP contribution in [-0.4, -0.2) is 54.7 Å². The molecule has 0 unspecified atom stereocenters. The summed E-state index contributed by atoms with van der Waals surface area (Å²) in [4.78, 5) is 14.3. The number of aromatic nitrogens is 2. The number of hydrogen-bond acceptors (Lipinski definition) is 6. The minimum Gasteiger partial charge on any atom is -0.462 e. The third-order valence-corrected chi connectivity index (χ3v) is 6.79. The highest BCUT2D eigenvalue weighted by Crippen LogP contribution is 2.34. The van der Waals surface area contributed by atoms with Crippen LogP contribution in [-0.2, 0) is 13.0 Å². The van der Waals surface area contributed by atoms with E-state index in [1.54, 1.807) is 0 Å². The molecule has 1 N–H and O–H groups in total. The standard InChI is InChI=1S/C25H31N5O/c1-17-7-4-8-18-9-5-11-22(23(17)18)30-14-12-20-21(15-30)27-25(28-24(20)26-2)31-16-19-10-6-13-29(19)3/h4-5,7-9,11,19H,6,10,12-16H2,1-3H3,(H,26,27,28)/t19-/m0/s1. The molecule has 0 aliphatic carbocycles. The quantitative estimate of drug-likeness (QED) is 0.677. The lowest BCUT2D eigenvalue weighted by Gasteiger charge is -2.32. The lowest BCUT2D eigenvalue weighted by Crippen LogP contribution is -2.33. The molecule has 0 radical (unpaired) electrons. The molecule has 1 aromatic heterocycles. The first kappa shape index (κ1) is 20.1. The minimum absolute atomic E-state index is 0.452. The summed E-state index contributed by atoms with van der Waals surface area (Å²) in [7, 11) is 4.09. The number of benzene rings is 2. The molecule has 6 nitrogen and oxygen atoms in total. The predicted molar refractivity (Wildman–Crippen MR) is 126 cm³/mol. The van der Waals surface area contributed by atoms with Crippen molar-refractivity contribution in [3.05, 3.63) is 53.2 Å². The molecule has 2 aliphatic rings. The van der Waals surface area contributed by atoms with Crippen LogP contribution >= 0.6 is 0 Å². The number of nitrogens with one attached hydrogen (secondary N) is 1. The molecular weight excluding hydrogens is 386 g/mol. The number of rotatable bonds is 5. The van der Waals surface area contributed by atoms with Gasteiger partial charge >= 0.3 is 6.01 Å². The maximum atomic E-state index is 6.08. The topological polar surface area (TPSA) is 53.5 Å². The Morgan fingerprint density at radius 1 is 1.13 bits per heavy atom. The zero-order valence-electron chi connectivity index (χ0n) is 18.7. The lowest BCUT2D eigenvalue weighted by atomic mass is 10.00. The summed E-state index contributed by atoms with van der Waals surface area (Å²) < 4.78 is 6.08. The highest BCUT2D eigenvalue weighted by molar-refractivity contribution is 5.97. The average Bonchev–Trinajstić information content (AvgIpc) is 3.21. The minimum atomic E-state index is 0.452. The Morgan fingerprint density at radius 2 is 1.97 bits per heavy atom. The molecule has 31 heavy (non-hydrogen) atoms. The van der Waals surface area contributed by atoms with Gasteiger partial charge in [-0.1, -0.05) is 30.3 Å². The van der Waals surface area contributed by atoms with Gasteiger partial charge in [0.05, 0.1) is 12.2 Å². The largest absolute Gasteiger partial charge is 0.462 e. The van der Waals surface area contributed by atoms with Gasteiger partial charge in [-0.3, -0.25) is 0 Å². The number of fused-ring (bicyclic) bond motifs is 2. The Bertz CT molecular complexity index is 1090. The van der Waals surface area contributed by atoms with Gasteiger partial charge in [0.1, 0.15) is 12.4 Å². The molecule has 2 aliphatic heterocycles. The van der Waals surface area contributed by atoms with Crippen LogP contribution in [0, 0.1) is 6.92 Å². The van der Waals surface area contributed by atoms with Crippen LogP contribution in [0.25, 0.3) is 10.8 Å². The van der Waals surface area contributed by atoms with Crippen LogP contribution in [0.2, 0.25) is 0 Å². The van der Waals surface area contributed by atoms with E-state index in [-0.39, 0.29) is 0 Å². The molecule has 2 aromatic carbocycles. The number of aryl methyl sites for hydroxylation is 1. The second-order valence-electron chi connectivity index (χ2n) is 8.74. The van der Waals surface area contributed by atoms with Gasteiger partial charge < -0.3 is 19.9 Å². The summed E-state index contributed by atoms with van der Waals surface area (Å²) in [5, 5.41) is 5.88. The van der Waals surface area contributed by atoms with Crippen LogP contribution in [0.1, 0.15) is 29.7 Å². The fourth-order valence-corrected chi connectivity index (χ4v) is 5.01. The van der Waals surface area contributed by atoms with Gasteiger partial charge in [-0.2, -0.15) is 9.97 Å². The van der Waals surface area contributed by atoms with Gasteiger partial charge in [0.2, 0.25) is 0 Å². The number of likely N-dealkylation sites (N-methyl/N-ethyl adjacent to an activating group) is 1. The van der Waals surface area contributed by atoms with Gasteiger partial charge in [0, 0.05) is 36.3 Å². The first-order valence-electron chi connectivity index (χ1n) is 11.3. The van der Waals surface area contributed by atoms with Gasteiger partial charge in [-0.05, 0) is 56.8 Å². The summed E-state index contributed by atoms with van der Waals surface area (Å²) in [5.74, 6) is 0.897. The fourth-order valence-electron chi connectivity index (χ4n) is 5.01. The maximum absolute atomic E-state index is 6.08. The second-order valence-corrected chi connectivity index (χ2v) is 8.74. The summed E-state index contributed by atoms with van der Waals surface area (Å²) in [6, 6.07) is 14.0. The van der Waals surface area contributed by atoms with E-state index in [9.17, 15) is 0 Å². The number of nitrogens with zero attached hydrogens (tertiary/aromatic N) is 4. The number of hydrogen-bond donors (Lipinski definition) is 1. The molecule has 0 saturated carbocycles. The van der Waals surface area contributed by atoms with Crippen molar-refractivity contribution >= 4 is 22.3 Å². The average molecular weight is 418 g/mol. The van der Waals surface area contributed by atoms with Crippen molar-refractivity contribution in [2.24, 2.45) is 0 Å². The van der Waals surface area contributed by atoms with Crippen molar-refractivity contribution in [1.29, 1.82) is 0 Å². The van der Waals surface area contributed by atoms with E-state index in [4.69, 9.17) is 9.72 Å². The molecule has 1 atom stereocenters. The molecule has 6 heteroatoms. The van der Waals surface area contributed by atoms with E-state index < -0.39 is 0 Å². The van der Waals surface area contributed by atoms with Crippen LogP contribution in [0.5, 0.6) is 6.01 Å². The summed E-state index contributed by atoms with van der Waals surface area (Å²) >= 11 is 0. The number of ether oxygens (including phenoxy) is 1. The SMILES string of the molecule is CNc1nc(OC[C@@H]2CCCN2C)nc2c1CCN(c1cccc3cccc(C)c13)C2. The highest BCUT2D eigenvalue weighted by Gasteiger charge is 2.25. The number of anilines is 2. The smallest absolute Gasteiger partial charge is 0.318 e. The van der Waals surface area contributed by atoms with Crippen molar-refractivity contribution in [2.45, 2.75) is 38.8 Å². The van der Waals surface area contributed by atoms with Gasteiger partial charge in [-0.25, -0.2) is 0 Å². The van der Waals surface area contributed by atoms with E-state index >= 15 is 0 Å². The molecule has 3 heterocycles. The van der Waals surface area contributed by atoms with Crippen molar-refractivity contribution in [3.8, 4) is 6.01 Å². The van der Waals surface area contributed by atoms with Crippen molar-refractivity contribution in [2.75, 3.05) is 44.0 Å². The van der Waals surface area contributed by atoms with E-state index in [2.05, 4.69) is 70.5 Å². The zero-order valence-corrected chi connectivity index (χ0v) is 18.7. The number of likely N-dealkylation sites (tertiary alicyclic amines) is 1. The Morgan fingerprint density at radius 3 is 2.74 bits per heavy atom. The van der Waals surface area contributed by atoms with Crippen molar-refractivity contribution in [3.63, 3.8) is 0 Å². The van der Waals surface area contributed by atoms with Crippen LogP contribution < -0.4 is 15.0 Å². The Balaban J connectivity index is 1.44. The molecule has 0 spiro atoms. The third-order valence-electron chi connectivity index (χ3n) is 6.79. The third kappa shape index (κ3) is 3.81. The second kappa shape index (κ2) is 8.35. The summed E-state index contributed by atoms with van der Waals surface area (Å²) in [6.07, 6.45) is 3.32. The molecule has 1 saturated heterocycles. The van der Waals surface area contributed by atoms with Crippen molar-refractivity contribution < 1.29 is 4.74 Å². The monoisotopic (exact) mass is 417 g/mol. The summed E-state index contributed by atoms with van der Waals surface area (Å²) in [5.41, 5.74) is 4.86. The van der Waals surface area contributed by atoms with Gasteiger partial charge in [-0.15, -0.1) is 0 Å². The highest BCUT2D eigenvalue weighted by atomic mass is 16.5. The first-order valence-corrected chi connectivity index (χ1v) is 11.3. The predicted octanol–water partition coefficient (Wildman–Crippen LogP) is 4.02. The molecule has 5 rings (SSSR count). The fraction of sp³-hybridized carbons (Fsp3) is 0.440. The zero-order chi connectivity index (χ0) is 21.4. The molecular formula is C25H31N5O. The lowest BCUT2D eigenvalue weighted by molar-refractivity contribution is 0.187. The van der Waals surface area contributed by atoms with Crippen LogP contribution in [0.15, 0.2) is 36.4 Å². The molecule has 0 bridgehead atoms. The maximum Gasteiger partial charge on any atom is 0.318 e. The van der Waals surface area contributed by atoms with E-state index in [0.29, 0.717) is 18.7 Å². The van der Waals surface area contributed by atoms with Gasteiger partial charge in [0.15, 0.2) is 0 Å². The molecule has 0 amide bonds.